The third kappa shape index (κ3) is 3.16. The SMILES string of the molecule is Nc1ncnc(NCCc2ccc(F)cc2)c1Br. The largest absolute Gasteiger partial charge is 0.383 e. The molecule has 4 nitrogen and oxygen atoms in total. The molecule has 1 heterocycles. The number of aromatic nitrogens is 2. The molecule has 0 bridgehead atoms. The minimum atomic E-state index is -0.224. The molecular formula is C12H12BrFN4. The van der Waals surface area contributed by atoms with Gasteiger partial charge in [-0.1, -0.05) is 12.1 Å². The van der Waals surface area contributed by atoms with E-state index < -0.39 is 0 Å². The van der Waals surface area contributed by atoms with Gasteiger partial charge >= 0.3 is 0 Å². The number of nitrogens with one attached hydrogen (secondary N) is 1. The minimum Gasteiger partial charge on any atom is -0.383 e. The van der Waals surface area contributed by atoms with Crippen molar-refractivity contribution in [2.24, 2.45) is 0 Å². The van der Waals surface area contributed by atoms with Gasteiger partial charge in [0.2, 0.25) is 0 Å². The summed E-state index contributed by atoms with van der Waals surface area (Å²) in [6, 6.07) is 6.43. The van der Waals surface area contributed by atoms with E-state index in [1.54, 1.807) is 12.1 Å². The molecule has 0 spiro atoms. The number of anilines is 2. The number of rotatable bonds is 4. The number of hydrogen-bond donors (Lipinski definition) is 2. The normalized spacial score (nSPS) is 10.3. The van der Waals surface area contributed by atoms with Gasteiger partial charge in [-0.25, -0.2) is 14.4 Å². The molecule has 0 unspecified atom stereocenters. The highest BCUT2D eigenvalue weighted by molar-refractivity contribution is 9.10. The Labute approximate surface area is 113 Å². The first-order valence-electron chi connectivity index (χ1n) is 5.41. The zero-order chi connectivity index (χ0) is 13.0. The molecule has 0 radical (unpaired) electrons. The molecule has 0 saturated heterocycles. The predicted molar refractivity (Wildman–Crippen MR) is 72.7 cm³/mol. The van der Waals surface area contributed by atoms with E-state index in [0.29, 0.717) is 22.7 Å². The summed E-state index contributed by atoms with van der Waals surface area (Å²) in [6.07, 6.45) is 2.18. The summed E-state index contributed by atoms with van der Waals surface area (Å²) in [5.74, 6) is 0.830. The number of benzene rings is 1. The summed E-state index contributed by atoms with van der Waals surface area (Å²) in [5, 5.41) is 3.15. The molecule has 0 aliphatic rings. The van der Waals surface area contributed by atoms with Gasteiger partial charge in [-0.05, 0) is 40.0 Å². The number of halogens is 2. The highest BCUT2D eigenvalue weighted by Crippen LogP contribution is 2.23. The van der Waals surface area contributed by atoms with Crippen molar-refractivity contribution in [2.45, 2.75) is 6.42 Å². The van der Waals surface area contributed by atoms with Crippen molar-refractivity contribution >= 4 is 27.6 Å². The first-order chi connectivity index (χ1) is 8.66. The molecule has 0 aliphatic heterocycles. The van der Waals surface area contributed by atoms with Crippen LogP contribution in [-0.4, -0.2) is 16.5 Å². The molecule has 0 saturated carbocycles. The van der Waals surface area contributed by atoms with Gasteiger partial charge < -0.3 is 11.1 Å². The number of hydrogen-bond acceptors (Lipinski definition) is 4. The standard InChI is InChI=1S/C12H12BrFN4/c13-10-11(15)17-7-18-12(10)16-6-5-8-1-3-9(14)4-2-8/h1-4,7H,5-6H2,(H3,15,16,17,18). The summed E-state index contributed by atoms with van der Waals surface area (Å²) < 4.78 is 13.4. The molecule has 94 valence electrons. The van der Waals surface area contributed by atoms with E-state index in [1.807, 2.05) is 0 Å². The maximum atomic E-state index is 12.7. The minimum absolute atomic E-state index is 0.224. The third-order valence-corrected chi connectivity index (χ3v) is 3.22. The number of nitrogens with two attached hydrogens (primary N) is 1. The first-order valence-corrected chi connectivity index (χ1v) is 6.20. The van der Waals surface area contributed by atoms with Crippen LogP contribution in [0.25, 0.3) is 0 Å². The van der Waals surface area contributed by atoms with Gasteiger partial charge in [0, 0.05) is 6.54 Å². The number of nitrogens with zero attached hydrogens (tertiary/aromatic N) is 2. The molecule has 0 aliphatic carbocycles. The van der Waals surface area contributed by atoms with E-state index in [-0.39, 0.29) is 5.82 Å². The molecule has 6 heteroatoms. The fourth-order valence-electron chi connectivity index (χ4n) is 1.48. The van der Waals surface area contributed by atoms with Gasteiger partial charge in [0.1, 0.15) is 28.3 Å². The van der Waals surface area contributed by atoms with Crippen molar-refractivity contribution in [3.8, 4) is 0 Å². The van der Waals surface area contributed by atoms with Crippen LogP contribution in [-0.2, 0) is 6.42 Å². The van der Waals surface area contributed by atoms with Gasteiger partial charge in [0.25, 0.3) is 0 Å². The smallest absolute Gasteiger partial charge is 0.145 e. The Kier molecular flexibility index (Phi) is 4.09. The molecule has 1 aromatic heterocycles. The fourth-order valence-corrected chi connectivity index (χ4v) is 1.83. The van der Waals surface area contributed by atoms with Crippen LogP contribution >= 0.6 is 15.9 Å². The highest BCUT2D eigenvalue weighted by Gasteiger charge is 2.04. The van der Waals surface area contributed by atoms with Gasteiger partial charge in [-0.2, -0.15) is 0 Å². The first kappa shape index (κ1) is 12.8. The Morgan fingerprint density at radius 2 is 1.94 bits per heavy atom. The lowest BCUT2D eigenvalue weighted by Gasteiger charge is -2.08. The fraction of sp³-hybridized carbons (Fsp3) is 0.167. The van der Waals surface area contributed by atoms with Crippen molar-refractivity contribution in [2.75, 3.05) is 17.6 Å². The van der Waals surface area contributed by atoms with Gasteiger partial charge in [-0.15, -0.1) is 0 Å². The van der Waals surface area contributed by atoms with Gasteiger partial charge in [0.15, 0.2) is 0 Å². The van der Waals surface area contributed by atoms with E-state index in [1.165, 1.54) is 18.5 Å². The molecule has 0 amide bonds. The highest BCUT2D eigenvalue weighted by atomic mass is 79.9. The zero-order valence-corrected chi connectivity index (χ0v) is 11.1. The van der Waals surface area contributed by atoms with Crippen molar-refractivity contribution in [3.05, 3.63) is 46.4 Å². The maximum absolute atomic E-state index is 12.7. The van der Waals surface area contributed by atoms with E-state index >= 15 is 0 Å². The lowest BCUT2D eigenvalue weighted by molar-refractivity contribution is 0.627. The quantitative estimate of drug-likeness (QED) is 0.911. The molecule has 2 rings (SSSR count). The summed E-state index contributed by atoms with van der Waals surface area (Å²) >= 11 is 3.31. The Balaban J connectivity index is 1.92. The monoisotopic (exact) mass is 310 g/mol. The average Bonchev–Trinajstić information content (AvgIpc) is 2.37. The second-order valence-corrected chi connectivity index (χ2v) is 4.52. The summed E-state index contributed by atoms with van der Waals surface area (Å²) in [4.78, 5) is 7.93. The predicted octanol–water partition coefficient (Wildman–Crippen LogP) is 2.62. The van der Waals surface area contributed by atoms with E-state index in [0.717, 1.165) is 12.0 Å². The Morgan fingerprint density at radius 1 is 1.22 bits per heavy atom. The molecule has 0 atom stereocenters. The van der Waals surface area contributed by atoms with Crippen molar-refractivity contribution < 1.29 is 4.39 Å². The lowest BCUT2D eigenvalue weighted by Crippen LogP contribution is -2.08. The third-order valence-electron chi connectivity index (χ3n) is 2.44. The second kappa shape index (κ2) is 5.77. The van der Waals surface area contributed by atoms with Crippen LogP contribution in [0.5, 0.6) is 0 Å². The average molecular weight is 311 g/mol. The van der Waals surface area contributed by atoms with E-state index in [9.17, 15) is 4.39 Å². The molecule has 2 aromatic rings. The van der Waals surface area contributed by atoms with Gasteiger partial charge in [-0.3, -0.25) is 0 Å². The van der Waals surface area contributed by atoms with Crippen molar-refractivity contribution in [1.29, 1.82) is 0 Å². The lowest BCUT2D eigenvalue weighted by atomic mass is 10.1. The van der Waals surface area contributed by atoms with Crippen LogP contribution in [0.1, 0.15) is 5.56 Å². The van der Waals surface area contributed by atoms with Crippen LogP contribution in [0.4, 0.5) is 16.0 Å². The Hall–Kier alpha value is -1.69. The molecular weight excluding hydrogens is 299 g/mol. The molecule has 0 fully saturated rings. The summed E-state index contributed by atoms with van der Waals surface area (Å²) in [6.45, 7) is 0.681. The van der Waals surface area contributed by atoms with Crippen LogP contribution in [0.15, 0.2) is 35.1 Å². The van der Waals surface area contributed by atoms with Crippen LogP contribution < -0.4 is 11.1 Å². The zero-order valence-electron chi connectivity index (χ0n) is 9.53. The molecule has 1 aromatic carbocycles. The van der Waals surface area contributed by atoms with Crippen molar-refractivity contribution in [3.63, 3.8) is 0 Å². The Morgan fingerprint density at radius 3 is 2.67 bits per heavy atom. The topological polar surface area (TPSA) is 63.8 Å². The van der Waals surface area contributed by atoms with Gasteiger partial charge in [0.05, 0.1) is 0 Å². The number of nitrogen functional groups attached to an aromatic ring is 1. The maximum Gasteiger partial charge on any atom is 0.145 e. The van der Waals surface area contributed by atoms with E-state index in [2.05, 4.69) is 31.2 Å². The molecule has 18 heavy (non-hydrogen) atoms. The van der Waals surface area contributed by atoms with E-state index in [4.69, 9.17) is 5.73 Å². The van der Waals surface area contributed by atoms with Crippen LogP contribution in [0.2, 0.25) is 0 Å². The second-order valence-electron chi connectivity index (χ2n) is 3.72. The molecule has 3 N–H and O–H groups in total. The van der Waals surface area contributed by atoms with Crippen LogP contribution in [0.3, 0.4) is 0 Å². The summed E-state index contributed by atoms with van der Waals surface area (Å²) in [7, 11) is 0. The Bertz CT molecular complexity index is 530. The van der Waals surface area contributed by atoms with Crippen molar-refractivity contribution in [1.82, 2.24) is 9.97 Å². The summed E-state index contributed by atoms with van der Waals surface area (Å²) in [5.41, 5.74) is 6.70. The van der Waals surface area contributed by atoms with Crippen LogP contribution in [0, 0.1) is 5.82 Å².